The molecule has 8 heteroatoms. The highest BCUT2D eigenvalue weighted by Crippen LogP contribution is 2.16. The number of sulfonamides is 1. The average molecular weight is 367 g/mol. The van der Waals surface area contributed by atoms with E-state index in [1.54, 1.807) is 23.9 Å². The minimum absolute atomic E-state index is 0.00923. The van der Waals surface area contributed by atoms with Gasteiger partial charge in [0.2, 0.25) is 10.0 Å². The Balaban J connectivity index is 1.78. The molecule has 6 nitrogen and oxygen atoms in total. The van der Waals surface area contributed by atoms with Gasteiger partial charge in [-0.05, 0) is 54.8 Å². The molecule has 0 aromatic heterocycles. The van der Waals surface area contributed by atoms with Crippen LogP contribution in [-0.2, 0) is 14.8 Å². The molecule has 2 aromatic carbocycles. The van der Waals surface area contributed by atoms with Crippen LogP contribution in [0.15, 0.2) is 58.3 Å². The molecule has 0 unspecified atom stereocenters. The van der Waals surface area contributed by atoms with Crippen molar-refractivity contribution in [1.82, 2.24) is 0 Å². The van der Waals surface area contributed by atoms with Crippen LogP contribution in [-0.4, -0.2) is 33.9 Å². The summed E-state index contributed by atoms with van der Waals surface area (Å²) >= 11 is 1.59. The highest BCUT2D eigenvalue weighted by Gasteiger charge is 2.08. The lowest BCUT2D eigenvalue weighted by Gasteiger charge is -2.08. The van der Waals surface area contributed by atoms with Crippen molar-refractivity contribution in [3.05, 3.63) is 54.1 Å². The smallest absolute Gasteiger partial charge is 0.338 e. The van der Waals surface area contributed by atoms with Gasteiger partial charge in [0, 0.05) is 4.90 Å². The summed E-state index contributed by atoms with van der Waals surface area (Å²) in [5, 5.41) is 5.01. The normalized spacial score (nSPS) is 11.1. The fourth-order valence-electron chi connectivity index (χ4n) is 1.83. The number of benzene rings is 2. The molecule has 0 radical (unpaired) electrons. The second kappa shape index (κ2) is 8.18. The van der Waals surface area contributed by atoms with E-state index in [1.165, 1.54) is 24.3 Å². The molecule has 0 aliphatic rings. The molecule has 0 aliphatic heterocycles. The van der Waals surface area contributed by atoms with Crippen LogP contribution in [0.5, 0.6) is 5.75 Å². The van der Waals surface area contributed by atoms with Gasteiger partial charge in [-0.15, -0.1) is 11.8 Å². The maximum absolute atomic E-state index is 11.8. The maximum Gasteiger partial charge on any atom is 0.338 e. The van der Waals surface area contributed by atoms with E-state index < -0.39 is 16.0 Å². The van der Waals surface area contributed by atoms with Gasteiger partial charge in [0.1, 0.15) is 19.0 Å². The molecule has 0 aliphatic carbocycles. The quantitative estimate of drug-likeness (QED) is 0.458. The van der Waals surface area contributed by atoms with E-state index in [1.807, 2.05) is 18.4 Å². The molecule has 128 valence electrons. The zero-order valence-electron chi connectivity index (χ0n) is 13.0. The van der Waals surface area contributed by atoms with Gasteiger partial charge < -0.3 is 9.47 Å². The van der Waals surface area contributed by atoms with Gasteiger partial charge in [0.15, 0.2) is 0 Å². The van der Waals surface area contributed by atoms with Crippen LogP contribution in [0.25, 0.3) is 0 Å². The first-order valence-corrected chi connectivity index (χ1v) is 9.74. The Hall–Kier alpha value is -2.03. The summed E-state index contributed by atoms with van der Waals surface area (Å²) in [6.07, 6.45) is 1.96. The molecular formula is C16H17NO5S2. The number of rotatable bonds is 7. The van der Waals surface area contributed by atoms with Crippen molar-refractivity contribution >= 4 is 27.8 Å². The van der Waals surface area contributed by atoms with E-state index >= 15 is 0 Å². The zero-order chi connectivity index (χ0) is 17.6. The van der Waals surface area contributed by atoms with Crippen LogP contribution in [0.3, 0.4) is 0 Å². The molecular weight excluding hydrogens is 350 g/mol. The minimum atomic E-state index is -3.72. The van der Waals surface area contributed by atoms with E-state index in [4.69, 9.17) is 14.6 Å². The lowest BCUT2D eigenvalue weighted by Crippen LogP contribution is -2.13. The standard InChI is InChI=1S/C16H17NO5S2/c1-23-14-6-2-12(3-7-14)16(18)22-11-10-21-13-4-8-15(9-5-13)24(17,19)20/h2-9H,10-11H2,1H3,(H2,17,19,20). The van der Waals surface area contributed by atoms with E-state index in [2.05, 4.69) is 0 Å². The molecule has 0 atom stereocenters. The monoisotopic (exact) mass is 367 g/mol. The van der Waals surface area contributed by atoms with Crippen molar-refractivity contribution in [3.63, 3.8) is 0 Å². The van der Waals surface area contributed by atoms with Crippen molar-refractivity contribution in [2.75, 3.05) is 19.5 Å². The molecule has 2 N–H and O–H groups in total. The third-order valence-electron chi connectivity index (χ3n) is 3.06. The molecule has 0 amide bonds. The zero-order valence-corrected chi connectivity index (χ0v) is 14.6. The van der Waals surface area contributed by atoms with E-state index in [-0.39, 0.29) is 18.1 Å². The predicted octanol–water partition coefficient (Wildman–Crippen LogP) is 2.29. The third-order valence-corrected chi connectivity index (χ3v) is 4.74. The van der Waals surface area contributed by atoms with Crippen molar-refractivity contribution < 1.29 is 22.7 Å². The van der Waals surface area contributed by atoms with Crippen LogP contribution in [0, 0.1) is 0 Å². The lowest BCUT2D eigenvalue weighted by molar-refractivity contribution is 0.0450. The summed E-state index contributed by atoms with van der Waals surface area (Å²) in [6.45, 7) is 0.239. The summed E-state index contributed by atoms with van der Waals surface area (Å²) < 4.78 is 32.8. The average Bonchev–Trinajstić information content (AvgIpc) is 2.58. The number of carbonyl (C=O) groups excluding carboxylic acids is 1. The molecule has 0 heterocycles. The Morgan fingerprint density at radius 1 is 1.04 bits per heavy atom. The summed E-state index contributed by atoms with van der Waals surface area (Å²) in [5.41, 5.74) is 0.477. The van der Waals surface area contributed by atoms with Gasteiger partial charge in [-0.2, -0.15) is 0 Å². The molecule has 0 spiro atoms. The van der Waals surface area contributed by atoms with Crippen molar-refractivity contribution in [2.45, 2.75) is 9.79 Å². The number of carbonyl (C=O) groups is 1. The van der Waals surface area contributed by atoms with Crippen LogP contribution in [0.4, 0.5) is 0 Å². The van der Waals surface area contributed by atoms with Gasteiger partial charge >= 0.3 is 5.97 Å². The Labute approximate surface area is 145 Å². The summed E-state index contributed by atoms with van der Waals surface area (Å²) in [6, 6.07) is 12.8. The van der Waals surface area contributed by atoms with Crippen molar-refractivity contribution in [3.8, 4) is 5.75 Å². The number of nitrogens with two attached hydrogens (primary N) is 1. The SMILES string of the molecule is CSc1ccc(C(=O)OCCOc2ccc(S(N)(=O)=O)cc2)cc1. The Kier molecular flexibility index (Phi) is 6.24. The second-order valence-corrected chi connectivity index (χ2v) is 7.17. The number of esters is 1. The third kappa shape index (κ3) is 5.26. The van der Waals surface area contributed by atoms with E-state index in [9.17, 15) is 13.2 Å². The predicted molar refractivity (Wildman–Crippen MR) is 91.8 cm³/mol. The van der Waals surface area contributed by atoms with Gasteiger partial charge in [-0.1, -0.05) is 0 Å². The fourth-order valence-corrected chi connectivity index (χ4v) is 2.75. The number of primary sulfonamides is 1. The van der Waals surface area contributed by atoms with E-state index in [0.717, 1.165) is 4.90 Å². The number of hydrogen-bond acceptors (Lipinski definition) is 6. The first kappa shape index (κ1) is 18.3. The number of thioether (sulfide) groups is 1. The first-order valence-electron chi connectivity index (χ1n) is 6.97. The molecule has 0 fully saturated rings. The van der Waals surface area contributed by atoms with E-state index in [0.29, 0.717) is 11.3 Å². The Morgan fingerprint density at radius 2 is 1.67 bits per heavy atom. The van der Waals surface area contributed by atoms with Crippen LogP contribution in [0.1, 0.15) is 10.4 Å². The largest absolute Gasteiger partial charge is 0.490 e. The van der Waals surface area contributed by atoms with Crippen LogP contribution in [0.2, 0.25) is 0 Å². The van der Waals surface area contributed by atoms with Gasteiger partial charge in [0.25, 0.3) is 0 Å². The van der Waals surface area contributed by atoms with Gasteiger partial charge in [0.05, 0.1) is 10.5 Å². The molecule has 2 aromatic rings. The van der Waals surface area contributed by atoms with Crippen molar-refractivity contribution in [2.24, 2.45) is 5.14 Å². The Morgan fingerprint density at radius 3 is 2.21 bits per heavy atom. The summed E-state index contributed by atoms with van der Waals surface area (Å²) in [5.74, 6) is 0.0404. The lowest BCUT2D eigenvalue weighted by atomic mass is 10.2. The summed E-state index contributed by atoms with van der Waals surface area (Å²) in [4.78, 5) is 12.9. The second-order valence-electron chi connectivity index (χ2n) is 4.73. The highest BCUT2D eigenvalue weighted by molar-refractivity contribution is 7.98. The molecule has 0 bridgehead atoms. The first-order chi connectivity index (χ1) is 11.4. The highest BCUT2D eigenvalue weighted by atomic mass is 32.2. The minimum Gasteiger partial charge on any atom is -0.490 e. The number of hydrogen-bond donors (Lipinski definition) is 1. The number of ether oxygens (including phenoxy) is 2. The van der Waals surface area contributed by atoms with Gasteiger partial charge in [-0.25, -0.2) is 18.4 Å². The summed E-state index contributed by atoms with van der Waals surface area (Å²) in [7, 11) is -3.72. The van der Waals surface area contributed by atoms with Gasteiger partial charge in [-0.3, -0.25) is 0 Å². The molecule has 24 heavy (non-hydrogen) atoms. The van der Waals surface area contributed by atoms with Crippen molar-refractivity contribution in [1.29, 1.82) is 0 Å². The maximum atomic E-state index is 11.8. The molecule has 2 rings (SSSR count). The molecule has 0 saturated heterocycles. The van der Waals surface area contributed by atoms with Crippen LogP contribution >= 0.6 is 11.8 Å². The topological polar surface area (TPSA) is 95.7 Å². The van der Waals surface area contributed by atoms with Crippen LogP contribution < -0.4 is 9.88 Å². The molecule has 0 saturated carbocycles. The fraction of sp³-hybridized carbons (Fsp3) is 0.188. The Bertz CT molecular complexity index is 786.